The van der Waals surface area contributed by atoms with Crippen LogP contribution in [0.1, 0.15) is 34.7 Å². The lowest BCUT2D eigenvalue weighted by molar-refractivity contribution is 0.581. The van der Waals surface area contributed by atoms with Crippen molar-refractivity contribution in [3.8, 4) is 11.8 Å². The molecule has 0 bridgehead atoms. The van der Waals surface area contributed by atoms with Crippen LogP contribution in [0.4, 0.5) is 5.69 Å². The van der Waals surface area contributed by atoms with Gasteiger partial charge < -0.3 is 5.32 Å². The van der Waals surface area contributed by atoms with E-state index in [0.717, 1.165) is 22.4 Å². The second-order valence-corrected chi connectivity index (χ2v) is 11.6. The molecule has 0 fully saturated rings. The average molecular weight is 584 g/mol. The predicted molar refractivity (Wildman–Crippen MR) is 158 cm³/mol. The molecule has 8 heteroatoms. The third-order valence-corrected chi connectivity index (χ3v) is 8.01. The Morgan fingerprint density at radius 3 is 2.05 bits per heavy atom. The van der Waals surface area contributed by atoms with Crippen LogP contribution in [-0.2, 0) is 15.8 Å². The van der Waals surface area contributed by atoms with Crippen molar-refractivity contribution in [2.75, 3.05) is 11.9 Å². The lowest BCUT2D eigenvalue weighted by atomic mass is 9.98. The molecule has 0 aliphatic heterocycles. The number of nitrogens with one attached hydrogen (secondary N) is 2. The summed E-state index contributed by atoms with van der Waals surface area (Å²) in [4.78, 5) is 0. The summed E-state index contributed by atoms with van der Waals surface area (Å²) in [6.07, 6.45) is 0.327. The molecular formula is C30H25Cl3N2O2S. The Hall–Kier alpha value is -2.98. The number of sulfonamides is 1. The molecule has 2 N–H and O–H groups in total. The van der Waals surface area contributed by atoms with Gasteiger partial charge in [-0.05, 0) is 47.0 Å². The van der Waals surface area contributed by atoms with E-state index in [0.29, 0.717) is 27.1 Å². The van der Waals surface area contributed by atoms with Gasteiger partial charge in [0.15, 0.2) is 0 Å². The van der Waals surface area contributed by atoms with E-state index in [9.17, 15) is 8.42 Å². The zero-order valence-corrected chi connectivity index (χ0v) is 23.4. The fourth-order valence-corrected chi connectivity index (χ4v) is 5.50. The average Bonchev–Trinajstić information content (AvgIpc) is 2.91. The van der Waals surface area contributed by atoms with Crippen molar-refractivity contribution in [3.63, 3.8) is 0 Å². The first kappa shape index (κ1) is 28.0. The fraction of sp³-hybridized carbons (Fsp3) is 0.133. The zero-order valence-electron chi connectivity index (χ0n) is 20.3. The van der Waals surface area contributed by atoms with Crippen molar-refractivity contribution < 1.29 is 8.42 Å². The Balaban J connectivity index is 1.45. The molecule has 0 saturated heterocycles. The highest BCUT2D eigenvalue weighted by Crippen LogP contribution is 2.29. The lowest BCUT2D eigenvalue weighted by Gasteiger charge is -2.22. The Bertz CT molecular complexity index is 1510. The van der Waals surface area contributed by atoms with Crippen molar-refractivity contribution in [3.05, 3.63) is 134 Å². The second-order valence-electron chi connectivity index (χ2n) is 8.54. The number of anilines is 1. The molecule has 4 nitrogen and oxygen atoms in total. The second kappa shape index (κ2) is 13.2. The minimum Gasteiger partial charge on any atom is -0.373 e. The maximum Gasteiger partial charge on any atom is 0.215 e. The summed E-state index contributed by atoms with van der Waals surface area (Å²) in [5.74, 6) is 6.01. The van der Waals surface area contributed by atoms with Crippen LogP contribution in [0.2, 0.25) is 15.1 Å². The van der Waals surface area contributed by atoms with Crippen molar-refractivity contribution in [1.29, 1.82) is 0 Å². The van der Waals surface area contributed by atoms with Crippen LogP contribution < -0.4 is 10.0 Å². The van der Waals surface area contributed by atoms with E-state index in [1.54, 1.807) is 24.3 Å². The SMILES string of the molecule is O=S(=O)(Cc1ccc(Cl)c(Cl)c1)NCCC#Cc1cc(Cl)ccc1NC(c1ccccc1)c1ccccc1. The van der Waals surface area contributed by atoms with E-state index in [1.165, 1.54) is 0 Å². The molecule has 0 aromatic heterocycles. The lowest BCUT2D eigenvalue weighted by Crippen LogP contribution is -2.26. The molecule has 4 aromatic carbocycles. The van der Waals surface area contributed by atoms with E-state index in [1.807, 2.05) is 48.5 Å². The minimum atomic E-state index is -3.55. The van der Waals surface area contributed by atoms with Gasteiger partial charge in [0.1, 0.15) is 0 Å². The molecule has 194 valence electrons. The summed E-state index contributed by atoms with van der Waals surface area (Å²) >= 11 is 18.2. The smallest absolute Gasteiger partial charge is 0.215 e. The topological polar surface area (TPSA) is 58.2 Å². The summed E-state index contributed by atoms with van der Waals surface area (Å²) in [5.41, 5.74) is 4.35. The Morgan fingerprint density at radius 2 is 1.42 bits per heavy atom. The minimum absolute atomic E-state index is 0.0905. The molecule has 0 saturated carbocycles. The Morgan fingerprint density at radius 1 is 0.763 bits per heavy atom. The van der Waals surface area contributed by atoms with Crippen LogP contribution in [0, 0.1) is 11.8 Å². The van der Waals surface area contributed by atoms with Crippen molar-refractivity contribution >= 4 is 50.5 Å². The van der Waals surface area contributed by atoms with E-state index in [-0.39, 0.29) is 18.3 Å². The largest absolute Gasteiger partial charge is 0.373 e. The summed E-state index contributed by atoms with van der Waals surface area (Å²) < 4.78 is 27.5. The molecule has 0 radical (unpaired) electrons. The highest BCUT2D eigenvalue weighted by molar-refractivity contribution is 7.88. The molecule has 0 amide bonds. The highest BCUT2D eigenvalue weighted by atomic mass is 35.5. The van der Waals surface area contributed by atoms with Gasteiger partial charge in [0.25, 0.3) is 0 Å². The Labute approximate surface area is 239 Å². The summed E-state index contributed by atoms with van der Waals surface area (Å²) in [5, 5.41) is 4.88. The van der Waals surface area contributed by atoms with Crippen LogP contribution in [0.3, 0.4) is 0 Å². The van der Waals surface area contributed by atoms with Gasteiger partial charge in [0.2, 0.25) is 10.0 Å². The molecule has 0 atom stereocenters. The first-order valence-electron chi connectivity index (χ1n) is 11.9. The molecule has 4 rings (SSSR count). The molecule has 0 spiro atoms. The highest BCUT2D eigenvalue weighted by Gasteiger charge is 2.15. The van der Waals surface area contributed by atoms with Gasteiger partial charge in [-0.2, -0.15) is 0 Å². The van der Waals surface area contributed by atoms with Gasteiger partial charge in [-0.1, -0.05) is 113 Å². The quantitative estimate of drug-likeness (QED) is 0.157. The van der Waals surface area contributed by atoms with Gasteiger partial charge in [-0.15, -0.1) is 0 Å². The standard InChI is InChI=1S/C30H25Cl3N2O2S/c31-26-15-17-29(35-30(23-9-3-1-4-10-23)24-11-5-2-6-12-24)25(20-26)13-7-8-18-34-38(36,37)21-22-14-16-27(32)28(33)19-22/h1-6,9-12,14-17,19-20,30,34-35H,8,18,21H2. The molecule has 0 aliphatic carbocycles. The summed E-state index contributed by atoms with van der Waals surface area (Å²) in [6.45, 7) is 0.177. The Kier molecular flexibility index (Phi) is 9.74. The maximum absolute atomic E-state index is 12.5. The number of hydrogen-bond acceptors (Lipinski definition) is 3. The van der Waals surface area contributed by atoms with Crippen LogP contribution in [-0.4, -0.2) is 15.0 Å². The van der Waals surface area contributed by atoms with Gasteiger partial charge in [-0.25, -0.2) is 13.1 Å². The first-order valence-corrected chi connectivity index (χ1v) is 14.7. The molecule has 0 aliphatic rings. The van der Waals surface area contributed by atoms with E-state index >= 15 is 0 Å². The summed E-state index contributed by atoms with van der Waals surface area (Å²) in [7, 11) is -3.55. The van der Waals surface area contributed by atoms with Gasteiger partial charge in [-0.3, -0.25) is 0 Å². The van der Waals surface area contributed by atoms with Gasteiger partial charge >= 0.3 is 0 Å². The third-order valence-electron chi connectivity index (χ3n) is 5.68. The van der Waals surface area contributed by atoms with Crippen molar-refractivity contribution in [2.24, 2.45) is 0 Å². The van der Waals surface area contributed by atoms with E-state index in [4.69, 9.17) is 34.8 Å². The molecule has 4 aromatic rings. The molecule has 0 unspecified atom stereocenters. The van der Waals surface area contributed by atoms with E-state index in [2.05, 4.69) is 46.1 Å². The number of rotatable bonds is 9. The van der Waals surface area contributed by atoms with Crippen molar-refractivity contribution in [1.82, 2.24) is 4.72 Å². The van der Waals surface area contributed by atoms with Gasteiger partial charge in [0.05, 0.1) is 27.5 Å². The molecule has 0 heterocycles. The normalized spacial score (nSPS) is 11.2. The first-order chi connectivity index (χ1) is 18.3. The van der Waals surface area contributed by atoms with Crippen LogP contribution in [0.15, 0.2) is 97.1 Å². The predicted octanol–water partition coefficient (Wildman–Crippen LogP) is 7.71. The monoisotopic (exact) mass is 582 g/mol. The third kappa shape index (κ3) is 8.01. The molecule has 38 heavy (non-hydrogen) atoms. The zero-order chi connectivity index (χ0) is 27.0. The van der Waals surface area contributed by atoms with Crippen LogP contribution in [0.5, 0.6) is 0 Å². The number of halogens is 3. The molecular weight excluding hydrogens is 559 g/mol. The van der Waals surface area contributed by atoms with Gasteiger partial charge in [0, 0.05) is 23.6 Å². The number of hydrogen-bond donors (Lipinski definition) is 2. The van der Waals surface area contributed by atoms with Crippen molar-refractivity contribution in [2.45, 2.75) is 18.2 Å². The number of benzene rings is 4. The van der Waals surface area contributed by atoms with Crippen LogP contribution in [0.25, 0.3) is 0 Å². The van der Waals surface area contributed by atoms with E-state index < -0.39 is 10.0 Å². The summed E-state index contributed by atoms with van der Waals surface area (Å²) in [6, 6.07) is 30.6. The maximum atomic E-state index is 12.5. The fourth-order valence-electron chi connectivity index (χ4n) is 3.88. The van der Waals surface area contributed by atoms with Crippen LogP contribution >= 0.6 is 34.8 Å².